The summed E-state index contributed by atoms with van der Waals surface area (Å²) in [7, 11) is 1.23. The molecule has 36 heavy (non-hydrogen) atoms. The molecule has 0 saturated heterocycles. The molecule has 2 atom stereocenters. The van der Waals surface area contributed by atoms with Crippen molar-refractivity contribution in [3.63, 3.8) is 0 Å². The van der Waals surface area contributed by atoms with Gasteiger partial charge in [-0.25, -0.2) is 0 Å². The minimum atomic E-state index is -1.52. The predicted octanol–water partition coefficient (Wildman–Crippen LogP) is 4.27. The minimum Gasteiger partial charge on any atom is -0.468 e. The van der Waals surface area contributed by atoms with Crippen molar-refractivity contribution >= 4 is 23.9 Å². The Balaban J connectivity index is 3.15. The summed E-state index contributed by atoms with van der Waals surface area (Å²) >= 11 is 0. The summed E-state index contributed by atoms with van der Waals surface area (Å²) in [5, 5.41) is 0. The number of ether oxygens (including phenoxy) is 4. The Bertz CT molecular complexity index is 898. The zero-order valence-electron chi connectivity index (χ0n) is 22.4. The highest BCUT2D eigenvalue weighted by Crippen LogP contribution is 2.32. The summed E-state index contributed by atoms with van der Waals surface area (Å²) in [5.41, 5.74) is 5.52. The maximum absolute atomic E-state index is 12.7. The lowest BCUT2D eigenvalue weighted by Gasteiger charge is -2.29. The summed E-state index contributed by atoms with van der Waals surface area (Å²) in [5.74, 6) is -1.42. The van der Waals surface area contributed by atoms with E-state index in [2.05, 4.69) is 0 Å². The smallest absolute Gasteiger partial charge is 0.326 e. The number of carbonyl (C=O) groups is 4. The molecule has 0 spiro atoms. The largest absolute Gasteiger partial charge is 0.468 e. The topological polar surface area (TPSA) is 131 Å². The van der Waals surface area contributed by atoms with Crippen molar-refractivity contribution in [3.05, 3.63) is 23.8 Å². The lowest BCUT2D eigenvalue weighted by Crippen LogP contribution is -2.53. The van der Waals surface area contributed by atoms with Crippen LogP contribution in [0.15, 0.2) is 18.2 Å². The molecule has 0 fully saturated rings. The van der Waals surface area contributed by atoms with Gasteiger partial charge in [0.15, 0.2) is 11.5 Å². The van der Waals surface area contributed by atoms with Crippen LogP contribution in [0.5, 0.6) is 11.5 Å². The van der Waals surface area contributed by atoms with E-state index in [1.807, 2.05) is 27.7 Å². The Hall–Kier alpha value is -2.94. The van der Waals surface area contributed by atoms with Gasteiger partial charge in [-0.15, -0.1) is 0 Å². The molecule has 9 nitrogen and oxygen atoms in total. The Morgan fingerprint density at radius 2 is 1.47 bits per heavy atom. The van der Waals surface area contributed by atoms with E-state index in [0.29, 0.717) is 30.7 Å². The first-order valence-corrected chi connectivity index (χ1v) is 12.5. The molecule has 0 radical (unpaired) electrons. The fourth-order valence-electron chi connectivity index (χ4n) is 3.62. The number of benzene rings is 1. The fraction of sp³-hybridized carbons (Fsp3) is 0.630. The van der Waals surface area contributed by atoms with E-state index in [9.17, 15) is 19.2 Å². The van der Waals surface area contributed by atoms with E-state index >= 15 is 0 Å². The molecule has 1 aromatic carbocycles. The van der Waals surface area contributed by atoms with E-state index in [-0.39, 0.29) is 49.6 Å². The van der Waals surface area contributed by atoms with Crippen molar-refractivity contribution in [3.8, 4) is 11.5 Å². The number of rotatable bonds is 15. The van der Waals surface area contributed by atoms with Crippen LogP contribution in [0.25, 0.3) is 0 Å². The Morgan fingerprint density at radius 3 is 2.00 bits per heavy atom. The first-order valence-electron chi connectivity index (χ1n) is 12.5. The van der Waals surface area contributed by atoms with Crippen molar-refractivity contribution in [2.24, 2.45) is 11.7 Å². The molecule has 1 unspecified atom stereocenters. The van der Waals surface area contributed by atoms with Gasteiger partial charge in [-0.05, 0) is 49.8 Å². The van der Waals surface area contributed by atoms with E-state index in [1.165, 1.54) is 19.2 Å². The third-order valence-corrected chi connectivity index (χ3v) is 5.39. The van der Waals surface area contributed by atoms with Gasteiger partial charge in [-0.1, -0.05) is 33.8 Å². The Morgan fingerprint density at radius 1 is 0.889 bits per heavy atom. The first-order chi connectivity index (χ1) is 16.9. The number of methoxy groups -OCH3 is 1. The van der Waals surface area contributed by atoms with E-state index in [1.54, 1.807) is 13.0 Å². The van der Waals surface area contributed by atoms with Crippen LogP contribution in [-0.4, -0.2) is 42.6 Å². The Kier molecular flexibility index (Phi) is 13.2. The molecule has 0 aliphatic heterocycles. The normalized spacial score (nSPS) is 13.4. The first kappa shape index (κ1) is 31.1. The number of esters is 4. The van der Waals surface area contributed by atoms with Gasteiger partial charge in [-0.3, -0.25) is 19.2 Å². The van der Waals surface area contributed by atoms with Gasteiger partial charge < -0.3 is 24.7 Å². The highest BCUT2D eigenvalue weighted by molar-refractivity contribution is 5.81. The highest BCUT2D eigenvalue weighted by atomic mass is 16.6. The molecule has 202 valence electrons. The summed E-state index contributed by atoms with van der Waals surface area (Å²) in [6.07, 6.45) is 1.97. The van der Waals surface area contributed by atoms with Crippen LogP contribution in [0.3, 0.4) is 0 Å². The SMILES string of the molecule is CCCC(=O)Oc1ccc(C[C@](N)(CC(C)OC(=O)CCC(C)C)C(=O)OC)cc1OC(=O)CCC. The van der Waals surface area contributed by atoms with Crippen LogP contribution in [0.1, 0.15) is 85.1 Å². The van der Waals surface area contributed by atoms with Crippen molar-refractivity contribution in [1.29, 1.82) is 0 Å². The molecule has 1 aromatic rings. The van der Waals surface area contributed by atoms with E-state index < -0.39 is 29.6 Å². The van der Waals surface area contributed by atoms with Gasteiger partial charge in [0.1, 0.15) is 11.6 Å². The number of nitrogens with two attached hydrogens (primary N) is 1. The summed E-state index contributed by atoms with van der Waals surface area (Å²) in [6, 6.07) is 4.66. The molecule has 1 rings (SSSR count). The van der Waals surface area contributed by atoms with Crippen molar-refractivity contribution in [2.45, 2.75) is 97.6 Å². The minimum absolute atomic E-state index is 0.00900. The third-order valence-electron chi connectivity index (χ3n) is 5.39. The van der Waals surface area contributed by atoms with Crippen LogP contribution >= 0.6 is 0 Å². The number of hydrogen-bond acceptors (Lipinski definition) is 9. The van der Waals surface area contributed by atoms with Crippen LogP contribution in [0.2, 0.25) is 0 Å². The molecule has 0 saturated carbocycles. The molecule has 0 aliphatic carbocycles. The molecule has 0 aromatic heterocycles. The Labute approximate surface area is 214 Å². The number of carbonyl (C=O) groups excluding carboxylic acids is 4. The maximum atomic E-state index is 12.7. The van der Waals surface area contributed by atoms with Gasteiger partial charge >= 0.3 is 23.9 Å². The average Bonchev–Trinajstić information content (AvgIpc) is 2.78. The van der Waals surface area contributed by atoms with Crippen LogP contribution < -0.4 is 15.2 Å². The summed E-state index contributed by atoms with van der Waals surface area (Å²) in [4.78, 5) is 49.0. The summed E-state index contributed by atoms with van der Waals surface area (Å²) in [6.45, 7) is 9.40. The van der Waals surface area contributed by atoms with E-state index in [4.69, 9.17) is 24.7 Å². The lowest BCUT2D eigenvalue weighted by molar-refractivity contribution is -0.155. The van der Waals surface area contributed by atoms with Crippen molar-refractivity contribution in [2.75, 3.05) is 7.11 Å². The standard InChI is InChI=1S/C27H41NO8/c1-7-9-23(29)35-21-13-12-20(15-22(21)36-24(30)10-8-2)17-27(28,26(32)33-6)16-19(5)34-25(31)14-11-18(3)4/h12-13,15,18-19H,7-11,14,16-17,28H2,1-6H3/t19?,27-/m1/s1. The highest BCUT2D eigenvalue weighted by Gasteiger charge is 2.38. The van der Waals surface area contributed by atoms with Crippen molar-refractivity contribution < 1.29 is 38.1 Å². The molecule has 0 bridgehead atoms. The number of hydrogen-bond donors (Lipinski definition) is 1. The molecule has 0 aliphatic rings. The van der Waals surface area contributed by atoms with Crippen LogP contribution in [0, 0.1) is 5.92 Å². The van der Waals surface area contributed by atoms with Crippen LogP contribution in [0.4, 0.5) is 0 Å². The molecule has 2 N–H and O–H groups in total. The third kappa shape index (κ3) is 10.8. The van der Waals surface area contributed by atoms with Gasteiger partial charge in [0.25, 0.3) is 0 Å². The van der Waals surface area contributed by atoms with Gasteiger partial charge in [-0.2, -0.15) is 0 Å². The molecular formula is C27H41NO8. The predicted molar refractivity (Wildman–Crippen MR) is 134 cm³/mol. The van der Waals surface area contributed by atoms with Gasteiger partial charge in [0.05, 0.1) is 7.11 Å². The molecule has 0 heterocycles. The second-order valence-electron chi connectivity index (χ2n) is 9.49. The quantitative estimate of drug-likeness (QED) is 0.273. The van der Waals surface area contributed by atoms with Gasteiger partial charge in [0, 0.05) is 32.1 Å². The second kappa shape index (κ2) is 15.2. The molecular weight excluding hydrogens is 466 g/mol. The molecule has 0 amide bonds. The molecule has 9 heteroatoms. The average molecular weight is 508 g/mol. The maximum Gasteiger partial charge on any atom is 0.326 e. The van der Waals surface area contributed by atoms with E-state index in [0.717, 1.165) is 0 Å². The monoisotopic (exact) mass is 507 g/mol. The zero-order valence-corrected chi connectivity index (χ0v) is 22.4. The van der Waals surface area contributed by atoms with Gasteiger partial charge in [0.2, 0.25) is 0 Å². The fourth-order valence-corrected chi connectivity index (χ4v) is 3.62. The van der Waals surface area contributed by atoms with Crippen LogP contribution in [-0.2, 0) is 35.1 Å². The van der Waals surface area contributed by atoms with Crippen molar-refractivity contribution in [1.82, 2.24) is 0 Å². The zero-order chi connectivity index (χ0) is 27.3. The second-order valence-corrected chi connectivity index (χ2v) is 9.49. The summed E-state index contributed by atoms with van der Waals surface area (Å²) < 4.78 is 21.2. The lowest BCUT2D eigenvalue weighted by atomic mass is 9.86.